The van der Waals surface area contributed by atoms with E-state index in [0.29, 0.717) is 0 Å². The number of carbonyl (C=O) groups excluding carboxylic acids is 1. The Bertz CT molecular complexity index is 512. The van der Waals surface area contributed by atoms with E-state index in [2.05, 4.69) is 5.32 Å². The molecule has 0 spiro atoms. The number of hydrogen-bond donors (Lipinski definition) is 1. The van der Waals surface area contributed by atoms with Gasteiger partial charge in [0.25, 0.3) is 0 Å². The van der Waals surface area contributed by atoms with Crippen LogP contribution in [0.2, 0.25) is 0 Å². The first kappa shape index (κ1) is 16.2. The molecule has 2 heterocycles. The maximum Gasteiger partial charge on any atom is 0.308 e. The van der Waals surface area contributed by atoms with Gasteiger partial charge in [-0.25, -0.2) is 0 Å². The Morgan fingerprint density at radius 2 is 2.16 bits per heavy atom. The summed E-state index contributed by atoms with van der Waals surface area (Å²) in [5.74, 6) is 0.0343. The SMILES string of the molecule is Cc1sc(=O)n(CC(=O)N2CCNC[C@H]2C)c1C.Cl. The zero-order valence-electron chi connectivity index (χ0n) is 11.4. The van der Waals surface area contributed by atoms with Gasteiger partial charge in [-0.3, -0.25) is 14.2 Å². The van der Waals surface area contributed by atoms with Crippen molar-refractivity contribution in [1.29, 1.82) is 0 Å². The molecule has 1 aromatic heterocycles. The Morgan fingerprint density at radius 3 is 2.68 bits per heavy atom. The van der Waals surface area contributed by atoms with E-state index in [4.69, 9.17) is 0 Å². The van der Waals surface area contributed by atoms with Crippen LogP contribution in [-0.4, -0.2) is 41.1 Å². The van der Waals surface area contributed by atoms with Crippen LogP contribution in [0.25, 0.3) is 0 Å². The van der Waals surface area contributed by atoms with Crippen LogP contribution >= 0.6 is 23.7 Å². The lowest BCUT2D eigenvalue weighted by molar-refractivity contribution is -0.134. The quantitative estimate of drug-likeness (QED) is 0.878. The number of hydrogen-bond acceptors (Lipinski definition) is 4. The molecule has 108 valence electrons. The van der Waals surface area contributed by atoms with Gasteiger partial charge in [-0.05, 0) is 20.8 Å². The normalized spacial score (nSPS) is 19.1. The maximum absolute atomic E-state index is 12.2. The van der Waals surface area contributed by atoms with E-state index in [9.17, 15) is 9.59 Å². The van der Waals surface area contributed by atoms with Crippen LogP contribution in [0.5, 0.6) is 0 Å². The van der Waals surface area contributed by atoms with Gasteiger partial charge in [0.2, 0.25) is 5.91 Å². The molecule has 7 heteroatoms. The molecule has 19 heavy (non-hydrogen) atoms. The summed E-state index contributed by atoms with van der Waals surface area (Å²) < 4.78 is 1.58. The van der Waals surface area contributed by atoms with Gasteiger partial charge >= 0.3 is 4.87 Å². The van der Waals surface area contributed by atoms with Gasteiger partial charge in [-0.2, -0.15) is 0 Å². The molecule has 1 fully saturated rings. The molecule has 0 bridgehead atoms. The van der Waals surface area contributed by atoms with Gasteiger partial charge in [0, 0.05) is 36.2 Å². The molecule has 1 aromatic rings. The summed E-state index contributed by atoms with van der Waals surface area (Å²) in [5, 5.41) is 3.25. The average Bonchev–Trinajstić information content (AvgIpc) is 2.56. The van der Waals surface area contributed by atoms with Crippen molar-refractivity contribution in [3.8, 4) is 0 Å². The fourth-order valence-electron chi connectivity index (χ4n) is 2.21. The molecule has 1 saturated heterocycles. The van der Waals surface area contributed by atoms with Crippen molar-refractivity contribution < 1.29 is 4.79 Å². The Labute approximate surface area is 123 Å². The van der Waals surface area contributed by atoms with Crippen molar-refractivity contribution in [2.45, 2.75) is 33.4 Å². The topological polar surface area (TPSA) is 54.3 Å². The summed E-state index contributed by atoms with van der Waals surface area (Å²) in [4.78, 5) is 26.8. The molecule has 0 radical (unpaired) electrons. The summed E-state index contributed by atoms with van der Waals surface area (Å²) in [5.41, 5.74) is 0.904. The second kappa shape index (κ2) is 6.54. The summed E-state index contributed by atoms with van der Waals surface area (Å²) >= 11 is 1.21. The van der Waals surface area contributed by atoms with E-state index < -0.39 is 0 Å². The number of aryl methyl sites for hydroxylation is 1. The predicted molar refractivity (Wildman–Crippen MR) is 79.3 cm³/mol. The van der Waals surface area contributed by atoms with Crippen molar-refractivity contribution in [3.05, 3.63) is 20.2 Å². The summed E-state index contributed by atoms with van der Waals surface area (Å²) in [6.45, 7) is 8.36. The molecule has 0 aliphatic carbocycles. The lowest BCUT2D eigenvalue weighted by Gasteiger charge is -2.34. The molecule has 1 amide bonds. The molecule has 1 atom stereocenters. The van der Waals surface area contributed by atoms with E-state index in [1.54, 1.807) is 4.57 Å². The largest absolute Gasteiger partial charge is 0.336 e. The maximum atomic E-state index is 12.2. The third-order valence-electron chi connectivity index (χ3n) is 3.49. The van der Waals surface area contributed by atoms with E-state index in [1.807, 2.05) is 25.7 Å². The highest BCUT2D eigenvalue weighted by Gasteiger charge is 2.24. The molecule has 0 aromatic carbocycles. The van der Waals surface area contributed by atoms with Crippen LogP contribution in [0, 0.1) is 13.8 Å². The fourth-order valence-corrected chi connectivity index (χ4v) is 3.04. The van der Waals surface area contributed by atoms with Crippen LogP contribution in [0.15, 0.2) is 4.79 Å². The lowest BCUT2D eigenvalue weighted by Crippen LogP contribution is -2.53. The number of aromatic nitrogens is 1. The number of halogens is 1. The van der Waals surface area contributed by atoms with E-state index in [1.165, 1.54) is 11.3 Å². The second-order valence-electron chi connectivity index (χ2n) is 4.74. The van der Waals surface area contributed by atoms with Crippen molar-refractivity contribution in [3.63, 3.8) is 0 Å². The Kier molecular flexibility index (Phi) is 5.58. The fraction of sp³-hybridized carbons (Fsp3) is 0.667. The van der Waals surface area contributed by atoms with Gasteiger partial charge in [-0.1, -0.05) is 11.3 Å². The molecule has 1 aliphatic rings. The Morgan fingerprint density at radius 1 is 1.47 bits per heavy atom. The van der Waals surface area contributed by atoms with Gasteiger partial charge in [-0.15, -0.1) is 12.4 Å². The standard InChI is InChI=1S/C12H19N3O2S.ClH/c1-8-6-13-4-5-14(8)11(16)7-15-9(2)10(3)18-12(15)17;/h8,13H,4-7H2,1-3H3;1H/t8-;/m1./s1. The molecular formula is C12H20ClN3O2S. The number of amides is 1. The molecular weight excluding hydrogens is 286 g/mol. The van der Waals surface area contributed by atoms with Crippen LogP contribution in [0.1, 0.15) is 17.5 Å². The van der Waals surface area contributed by atoms with Crippen molar-refractivity contribution in [2.75, 3.05) is 19.6 Å². The van der Waals surface area contributed by atoms with Crippen LogP contribution in [0.4, 0.5) is 0 Å². The summed E-state index contributed by atoms with van der Waals surface area (Å²) in [6.07, 6.45) is 0. The lowest BCUT2D eigenvalue weighted by atomic mass is 10.2. The highest BCUT2D eigenvalue weighted by Crippen LogP contribution is 2.11. The third-order valence-corrected chi connectivity index (χ3v) is 4.49. The number of rotatable bonds is 2. The van der Waals surface area contributed by atoms with Crippen LogP contribution in [-0.2, 0) is 11.3 Å². The molecule has 1 N–H and O–H groups in total. The first-order valence-electron chi connectivity index (χ1n) is 6.17. The Hall–Kier alpha value is -0.850. The van der Waals surface area contributed by atoms with Crippen molar-refractivity contribution in [2.24, 2.45) is 0 Å². The minimum atomic E-state index is -0.0406. The number of thiazole rings is 1. The van der Waals surface area contributed by atoms with E-state index in [0.717, 1.165) is 30.2 Å². The first-order chi connectivity index (χ1) is 8.50. The summed E-state index contributed by atoms with van der Waals surface area (Å²) in [6, 6.07) is 0.196. The average molecular weight is 306 g/mol. The highest BCUT2D eigenvalue weighted by atomic mass is 35.5. The van der Waals surface area contributed by atoms with Crippen LogP contribution in [0.3, 0.4) is 0 Å². The zero-order valence-corrected chi connectivity index (χ0v) is 13.1. The number of carbonyl (C=O) groups is 1. The molecule has 2 rings (SSSR count). The molecule has 0 unspecified atom stereocenters. The minimum absolute atomic E-state index is 0. The van der Waals surface area contributed by atoms with Gasteiger partial charge in [0.1, 0.15) is 6.54 Å². The second-order valence-corrected chi connectivity index (χ2v) is 5.90. The molecule has 0 saturated carbocycles. The smallest absolute Gasteiger partial charge is 0.308 e. The number of nitrogens with one attached hydrogen (secondary N) is 1. The van der Waals surface area contributed by atoms with E-state index >= 15 is 0 Å². The third kappa shape index (κ3) is 3.38. The van der Waals surface area contributed by atoms with Crippen molar-refractivity contribution >= 4 is 29.7 Å². The number of piperazine rings is 1. The van der Waals surface area contributed by atoms with Gasteiger partial charge in [0.05, 0.1) is 0 Å². The van der Waals surface area contributed by atoms with Crippen molar-refractivity contribution in [1.82, 2.24) is 14.8 Å². The Balaban J connectivity index is 0.00000180. The number of nitrogens with zero attached hydrogens (tertiary/aromatic N) is 2. The monoisotopic (exact) mass is 305 g/mol. The molecule has 5 nitrogen and oxygen atoms in total. The minimum Gasteiger partial charge on any atom is -0.336 e. The summed E-state index contributed by atoms with van der Waals surface area (Å²) in [7, 11) is 0. The zero-order chi connectivity index (χ0) is 13.3. The van der Waals surface area contributed by atoms with E-state index in [-0.39, 0.29) is 35.8 Å². The van der Waals surface area contributed by atoms with Gasteiger partial charge in [0.15, 0.2) is 0 Å². The first-order valence-corrected chi connectivity index (χ1v) is 6.99. The predicted octanol–water partition coefficient (Wildman–Crippen LogP) is 0.769. The van der Waals surface area contributed by atoms with Crippen LogP contribution < -0.4 is 10.2 Å². The molecule has 1 aliphatic heterocycles. The highest BCUT2D eigenvalue weighted by molar-refractivity contribution is 7.09. The van der Waals surface area contributed by atoms with Gasteiger partial charge < -0.3 is 10.2 Å².